The molecule has 0 bridgehead atoms. The summed E-state index contributed by atoms with van der Waals surface area (Å²) >= 11 is 0. The molecule has 0 unspecified atom stereocenters. The zero-order chi connectivity index (χ0) is 20.7. The predicted molar refractivity (Wildman–Crippen MR) is 105 cm³/mol. The average molecular weight is 403 g/mol. The van der Waals surface area contributed by atoms with Crippen LogP contribution in [-0.2, 0) is 23.9 Å². The third kappa shape index (κ3) is 5.77. The van der Waals surface area contributed by atoms with Crippen molar-refractivity contribution in [3.63, 3.8) is 0 Å². The van der Waals surface area contributed by atoms with E-state index < -0.39 is 16.1 Å². The van der Waals surface area contributed by atoms with Crippen LogP contribution in [0.15, 0.2) is 65.6 Å². The van der Waals surface area contributed by atoms with Gasteiger partial charge in [0.05, 0.1) is 18.0 Å². The molecule has 0 aliphatic heterocycles. The highest BCUT2D eigenvalue weighted by atomic mass is 32.2. The maximum Gasteiger partial charge on any atom is 0.338 e. The molecule has 0 spiro atoms. The van der Waals surface area contributed by atoms with Gasteiger partial charge in [0.1, 0.15) is 5.75 Å². The van der Waals surface area contributed by atoms with Crippen LogP contribution in [0.25, 0.3) is 0 Å². The minimum Gasteiger partial charge on any atom is -0.423 e. The normalized spacial score (nSPS) is 10.9. The molecule has 0 aromatic heterocycles. The quantitative estimate of drug-likeness (QED) is 0.210. The van der Waals surface area contributed by atoms with Crippen LogP contribution in [0.2, 0.25) is 0 Å². The fraction of sp³-hybridized carbons (Fsp3) is 0.200. The molecule has 0 radical (unpaired) electrons. The monoisotopic (exact) mass is 403 g/mol. The van der Waals surface area contributed by atoms with E-state index in [2.05, 4.69) is 6.58 Å². The first-order valence-electron chi connectivity index (χ1n) is 8.39. The molecular formula is C20H21NO6S. The van der Waals surface area contributed by atoms with Crippen LogP contribution in [-0.4, -0.2) is 33.9 Å². The van der Waals surface area contributed by atoms with E-state index in [0.717, 1.165) is 5.56 Å². The molecule has 8 heteroatoms. The van der Waals surface area contributed by atoms with Crippen molar-refractivity contribution in [2.24, 2.45) is 0 Å². The summed E-state index contributed by atoms with van der Waals surface area (Å²) in [5.74, 6) is -0.240. The maximum atomic E-state index is 12.2. The van der Waals surface area contributed by atoms with E-state index in [0.29, 0.717) is 17.8 Å². The highest BCUT2D eigenvalue weighted by Crippen LogP contribution is 2.20. The van der Waals surface area contributed by atoms with Gasteiger partial charge in [0.25, 0.3) is 10.1 Å². The molecule has 28 heavy (non-hydrogen) atoms. The van der Waals surface area contributed by atoms with Gasteiger partial charge in [-0.2, -0.15) is 8.42 Å². The molecule has 0 aliphatic rings. The lowest BCUT2D eigenvalue weighted by molar-refractivity contribution is -0.130. The number of hydrogen-bond acceptors (Lipinski definition) is 6. The molecule has 0 aliphatic carbocycles. The Labute approximate surface area is 164 Å². The number of rotatable bonds is 9. The smallest absolute Gasteiger partial charge is 0.338 e. The Morgan fingerprint density at radius 2 is 1.71 bits per heavy atom. The Hall–Kier alpha value is -2.97. The molecule has 0 saturated carbocycles. The molecule has 0 N–H and O–H groups in total. The number of carbonyl (C=O) groups is 2. The third-order valence-electron chi connectivity index (χ3n) is 3.73. The Morgan fingerprint density at radius 1 is 1.11 bits per heavy atom. The lowest BCUT2D eigenvalue weighted by Gasteiger charge is -2.17. The SMILES string of the molecule is C=C(C)C(=O)Oc1ccc(N(C=O)CCOS(=O)(=O)c2ccc(C)cc2)cc1. The molecular weight excluding hydrogens is 382 g/mol. The van der Waals surface area contributed by atoms with Crippen molar-refractivity contribution in [1.29, 1.82) is 0 Å². The molecule has 1 amide bonds. The summed E-state index contributed by atoms with van der Waals surface area (Å²) < 4.78 is 34.4. The van der Waals surface area contributed by atoms with Crippen molar-refractivity contribution in [3.05, 3.63) is 66.2 Å². The van der Waals surface area contributed by atoms with Crippen molar-refractivity contribution >= 4 is 28.2 Å². The van der Waals surface area contributed by atoms with E-state index >= 15 is 0 Å². The van der Waals surface area contributed by atoms with Crippen molar-refractivity contribution in [1.82, 2.24) is 0 Å². The van der Waals surface area contributed by atoms with Crippen molar-refractivity contribution in [2.75, 3.05) is 18.1 Å². The second-order valence-electron chi connectivity index (χ2n) is 6.05. The summed E-state index contributed by atoms with van der Waals surface area (Å²) in [7, 11) is -3.90. The first kappa shape index (κ1) is 21.3. The molecule has 2 aromatic rings. The lowest BCUT2D eigenvalue weighted by atomic mass is 10.2. The molecule has 0 atom stereocenters. The van der Waals surface area contributed by atoms with E-state index in [1.807, 2.05) is 6.92 Å². The van der Waals surface area contributed by atoms with Crippen LogP contribution in [0, 0.1) is 6.92 Å². The van der Waals surface area contributed by atoms with E-state index in [9.17, 15) is 18.0 Å². The van der Waals surface area contributed by atoms with E-state index in [4.69, 9.17) is 8.92 Å². The highest BCUT2D eigenvalue weighted by molar-refractivity contribution is 7.86. The molecule has 7 nitrogen and oxygen atoms in total. The van der Waals surface area contributed by atoms with Gasteiger partial charge < -0.3 is 9.64 Å². The Bertz CT molecular complexity index is 949. The number of benzene rings is 2. The second-order valence-corrected chi connectivity index (χ2v) is 7.67. The topological polar surface area (TPSA) is 90.0 Å². The number of esters is 1. The van der Waals surface area contributed by atoms with Crippen molar-refractivity contribution < 1.29 is 26.9 Å². The highest BCUT2D eigenvalue weighted by Gasteiger charge is 2.16. The second kappa shape index (κ2) is 9.29. The summed E-state index contributed by atoms with van der Waals surface area (Å²) in [5, 5.41) is 0. The molecule has 0 fully saturated rings. The molecule has 0 heterocycles. The average Bonchev–Trinajstić information content (AvgIpc) is 2.66. The van der Waals surface area contributed by atoms with Gasteiger partial charge in [-0.15, -0.1) is 0 Å². The number of aryl methyl sites for hydroxylation is 1. The van der Waals surface area contributed by atoms with Crippen LogP contribution in [0.5, 0.6) is 5.75 Å². The Balaban J connectivity index is 1.96. The summed E-state index contributed by atoms with van der Waals surface area (Å²) in [4.78, 5) is 24.2. The van der Waals surface area contributed by atoms with Gasteiger partial charge in [-0.3, -0.25) is 8.98 Å². The third-order valence-corrected chi connectivity index (χ3v) is 5.06. The fourth-order valence-corrected chi connectivity index (χ4v) is 3.06. The van der Waals surface area contributed by atoms with E-state index in [-0.39, 0.29) is 23.6 Å². The van der Waals surface area contributed by atoms with Gasteiger partial charge in [-0.1, -0.05) is 24.3 Å². The Kier molecular flexibility index (Phi) is 7.08. The predicted octanol–water partition coefficient (Wildman–Crippen LogP) is 2.84. The molecule has 2 aromatic carbocycles. The van der Waals surface area contributed by atoms with Crippen LogP contribution in [0.3, 0.4) is 0 Å². The minimum absolute atomic E-state index is 0.0273. The van der Waals surface area contributed by atoms with Crippen LogP contribution in [0.4, 0.5) is 5.69 Å². The van der Waals surface area contributed by atoms with Gasteiger partial charge in [-0.25, -0.2) is 4.79 Å². The van der Waals surface area contributed by atoms with Crippen LogP contribution < -0.4 is 9.64 Å². The van der Waals surface area contributed by atoms with Gasteiger partial charge in [-0.05, 0) is 50.2 Å². The summed E-state index contributed by atoms with van der Waals surface area (Å²) in [6.45, 7) is 6.71. The van der Waals surface area contributed by atoms with Gasteiger partial charge >= 0.3 is 5.97 Å². The molecule has 2 rings (SSSR count). The Morgan fingerprint density at radius 3 is 2.25 bits per heavy atom. The zero-order valence-electron chi connectivity index (χ0n) is 15.6. The number of carbonyl (C=O) groups excluding carboxylic acids is 2. The van der Waals surface area contributed by atoms with Gasteiger partial charge in [0.15, 0.2) is 0 Å². The van der Waals surface area contributed by atoms with E-state index in [1.165, 1.54) is 36.1 Å². The maximum absolute atomic E-state index is 12.2. The minimum atomic E-state index is -3.90. The fourth-order valence-electron chi connectivity index (χ4n) is 2.16. The standard InChI is InChI=1S/C20H21NO6S/c1-15(2)20(23)27-18-8-6-17(7-9-18)21(14-22)12-13-26-28(24,25)19-10-4-16(3)5-11-19/h4-11,14H,1,12-13H2,2-3H3. The van der Waals surface area contributed by atoms with Crippen molar-refractivity contribution in [3.8, 4) is 5.75 Å². The van der Waals surface area contributed by atoms with Crippen LogP contribution >= 0.6 is 0 Å². The summed E-state index contributed by atoms with van der Waals surface area (Å²) in [6.07, 6.45) is 0.566. The number of amides is 1. The zero-order valence-corrected chi connectivity index (χ0v) is 16.4. The number of hydrogen-bond donors (Lipinski definition) is 0. The largest absolute Gasteiger partial charge is 0.423 e. The molecule has 0 saturated heterocycles. The van der Waals surface area contributed by atoms with E-state index in [1.54, 1.807) is 24.3 Å². The summed E-state index contributed by atoms with van der Waals surface area (Å²) in [5.41, 5.74) is 1.70. The lowest BCUT2D eigenvalue weighted by Crippen LogP contribution is -2.26. The van der Waals surface area contributed by atoms with Gasteiger partial charge in [0.2, 0.25) is 6.41 Å². The molecule has 148 valence electrons. The van der Waals surface area contributed by atoms with Crippen molar-refractivity contribution in [2.45, 2.75) is 18.7 Å². The summed E-state index contributed by atoms with van der Waals surface area (Å²) in [6, 6.07) is 12.5. The number of nitrogens with zero attached hydrogens (tertiary/aromatic N) is 1. The first-order valence-corrected chi connectivity index (χ1v) is 9.79. The van der Waals surface area contributed by atoms with Gasteiger partial charge in [0, 0.05) is 11.3 Å². The van der Waals surface area contributed by atoms with Crippen LogP contribution in [0.1, 0.15) is 12.5 Å². The number of anilines is 1. The first-order chi connectivity index (χ1) is 13.2. The number of ether oxygens (including phenoxy) is 1.